The summed E-state index contributed by atoms with van der Waals surface area (Å²) in [7, 11) is 0. The molecule has 1 aromatic carbocycles. The monoisotopic (exact) mass is 253 g/mol. The molecule has 0 spiro atoms. The Balaban J connectivity index is 2.86. The highest BCUT2D eigenvalue weighted by atomic mass is 35.5. The summed E-state index contributed by atoms with van der Waals surface area (Å²) >= 11 is 5.63. The molecular weight excluding hydrogens is 250 g/mol. The van der Waals surface area contributed by atoms with E-state index in [2.05, 4.69) is 4.98 Å². The standard InChI is InChI=1S/C9H4ClN3O4/c10-8-2-1-5-3-6(12(14)15)4-7(13(16)17)9(5)11-8/h1-4H. The van der Waals surface area contributed by atoms with E-state index in [0.717, 1.165) is 6.07 Å². The number of nitro benzene ring substituents is 2. The van der Waals surface area contributed by atoms with Crippen molar-refractivity contribution < 1.29 is 9.85 Å². The first kappa shape index (κ1) is 11.2. The fraction of sp³-hybridized carbons (Fsp3) is 0. The summed E-state index contributed by atoms with van der Waals surface area (Å²) in [5.41, 5.74) is -0.752. The number of nitro groups is 2. The first-order chi connectivity index (χ1) is 7.99. The molecule has 7 nitrogen and oxygen atoms in total. The molecule has 86 valence electrons. The quantitative estimate of drug-likeness (QED) is 0.465. The molecule has 0 amide bonds. The molecule has 1 heterocycles. The normalized spacial score (nSPS) is 10.4. The van der Waals surface area contributed by atoms with Crippen LogP contribution in [0, 0.1) is 20.2 Å². The van der Waals surface area contributed by atoms with Gasteiger partial charge in [-0.2, -0.15) is 0 Å². The van der Waals surface area contributed by atoms with Gasteiger partial charge in [-0.3, -0.25) is 20.2 Å². The first-order valence-corrected chi connectivity index (χ1v) is 4.76. The Hall–Kier alpha value is -2.28. The van der Waals surface area contributed by atoms with Crippen molar-refractivity contribution in [3.05, 3.63) is 49.6 Å². The molecule has 0 radical (unpaired) electrons. The zero-order valence-corrected chi connectivity index (χ0v) is 8.92. The lowest BCUT2D eigenvalue weighted by Gasteiger charge is -1.99. The number of hydrogen-bond acceptors (Lipinski definition) is 5. The van der Waals surface area contributed by atoms with E-state index in [0.29, 0.717) is 5.39 Å². The highest BCUT2D eigenvalue weighted by Gasteiger charge is 2.20. The lowest BCUT2D eigenvalue weighted by Crippen LogP contribution is -1.95. The van der Waals surface area contributed by atoms with E-state index in [1.165, 1.54) is 18.2 Å². The van der Waals surface area contributed by atoms with E-state index >= 15 is 0 Å². The maximum Gasteiger partial charge on any atom is 0.302 e. The molecule has 0 bridgehead atoms. The van der Waals surface area contributed by atoms with Crippen LogP contribution in [0.1, 0.15) is 0 Å². The second-order valence-corrected chi connectivity index (χ2v) is 3.57. The molecule has 0 saturated carbocycles. The smallest absolute Gasteiger partial charge is 0.258 e. The van der Waals surface area contributed by atoms with Crippen molar-refractivity contribution in [1.29, 1.82) is 0 Å². The summed E-state index contributed by atoms with van der Waals surface area (Å²) in [5.74, 6) is 0. The average molecular weight is 254 g/mol. The first-order valence-electron chi connectivity index (χ1n) is 4.38. The molecule has 0 atom stereocenters. The molecule has 0 aliphatic carbocycles. The summed E-state index contributed by atoms with van der Waals surface area (Å²) in [6.45, 7) is 0. The van der Waals surface area contributed by atoms with Gasteiger partial charge in [-0.15, -0.1) is 0 Å². The molecule has 0 N–H and O–H groups in total. The summed E-state index contributed by atoms with van der Waals surface area (Å²) in [6.07, 6.45) is 0. The third kappa shape index (κ3) is 2.00. The second kappa shape index (κ2) is 3.95. The van der Waals surface area contributed by atoms with Crippen LogP contribution >= 0.6 is 11.6 Å². The van der Waals surface area contributed by atoms with E-state index in [1.54, 1.807) is 0 Å². The summed E-state index contributed by atoms with van der Waals surface area (Å²) in [6, 6.07) is 4.94. The Labute approximate surface area is 98.9 Å². The van der Waals surface area contributed by atoms with Gasteiger partial charge in [-0.1, -0.05) is 11.6 Å². The maximum atomic E-state index is 10.8. The van der Waals surface area contributed by atoms with Gasteiger partial charge >= 0.3 is 5.69 Å². The second-order valence-electron chi connectivity index (χ2n) is 3.18. The van der Waals surface area contributed by atoms with Crippen LogP contribution in [-0.4, -0.2) is 14.8 Å². The lowest BCUT2D eigenvalue weighted by atomic mass is 10.1. The van der Waals surface area contributed by atoms with Crippen LogP contribution in [-0.2, 0) is 0 Å². The minimum Gasteiger partial charge on any atom is -0.258 e. The van der Waals surface area contributed by atoms with Crippen molar-refractivity contribution >= 4 is 33.9 Å². The highest BCUT2D eigenvalue weighted by Crippen LogP contribution is 2.30. The molecule has 1 aromatic heterocycles. The SMILES string of the molecule is O=[N+]([O-])c1cc([N+](=O)[O-])c2nc(Cl)ccc2c1. The van der Waals surface area contributed by atoms with E-state index in [9.17, 15) is 20.2 Å². The van der Waals surface area contributed by atoms with Crippen molar-refractivity contribution in [2.45, 2.75) is 0 Å². The minimum absolute atomic E-state index is 0.0353. The molecular formula is C9H4ClN3O4. The van der Waals surface area contributed by atoms with Crippen LogP contribution in [0.5, 0.6) is 0 Å². The number of fused-ring (bicyclic) bond motifs is 1. The highest BCUT2D eigenvalue weighted by molar-refractivity contribution is 6.29. The van der Waals surface area contributed by atoms with Crippen molar-refractivity contribution in [3.8, 4) is 0 Å². The summed E-state index contributed by atoms with van der Waals surface area (Å²) < 4.78 is 0. The van der Waals surface area contributed by atoms with Gasteiger partial charge in [0.15, 0.2) is 0 Å². The summed E-state index contributed by atoms with van der Waals surface area (Å²) in [4.78, 5) is 23.8. The number of aromatic nitrogens is 1. The van der Waals surface area contributed by atoms with Crippen LogP contribution < -0.4 is 0 Å². The van der Waals surface area contributed by atoms with Crippen LogP contribution in [0.4, 0.5) is 11.4 Å². The molecule has 2 aromatic rings. The van der Waals surface area contributed by atoms with Crippen molar-refractivity contribution in [1.82, 2.24) is 4.98 Å². The summed E-state index contributed by atoms with van der Waals surface area (Å²) in [5, 5.41) is 21.8. The van der Waals surface area contributed by atoms with Crippen LogP contribution in [0.25, 0.3) is 10.9 Å². The van der Waals surface area contributed by atoms with E-state index in [4.69, 9.17) is 11.6 Å². The predicted octanol–water partition coefficient (Wildman–Crippen LogP) is 2.70. The van der Waals surface area contributed by atoms with Crippen molar-refractivity contribution in [2.75, 3.05) is 0 Å². The average Bonchev–Trinajstić information content (AvgIpc) is 2.27. The topological polar surface area (TPSA) is 99.2 Å². The Bertz CT molecular complexity index is 643. The largest absolute Gasteiger partial charge is 0.302 e. The minimum atomic E-state index is -0.724. The van der Waals surface area contributed by atoms with E-state index in [1.807, 2.05) is 0 Å². The van der Waals surface area contributed by atoms with Crippen LogP contribution in [0.15, 0.2) is 24.3 Å². The van der Waals surface area contributed by atoms with Gasteiger partial charge in [-0.05, 0) is 12.1 Å². The fourth-order valence-electron chi connectivity index (χ4n) is 1.42. The zero-order chi connectivity index (χ0) is 12.6. The Morgan fingerprint density at radius 2 is 1.82 bits per heavy atom. The van der Waals surface area contributed by atoms with Gasteiger partial charge in [-0.25, -0.2) is 4.98 Å². The predicted molar refractivity (Wildman–Crippen MR) is 60.1 cm³/mol. The molecule has 8 heteroatoms. The van der Waals surface area contributed by atoms with E-state index in [-0.39, 0.29) is 16.4 Å². The number of rotatable bonds is 2. The molecule has 0 fully saturated rings. The van der Waals surface area contributed by atoms with Gasteiger partial charge in [0.1, 0.15) is 10.7 Å². The van der Waals surface area contributed by atoms with Gasteiger partial charge in [0.2, 0.25) is 0 Å². The molecule has 0 saturated heterocycles. The molecule has 17 heavy (non-hydrogen) atoms. The Kier molecular flexibility index (Phi) is 2.60. The lowest BCUT2D eigenvalue weighted by molar-refractivity contribution is -0.393. The molecule has 0 aliphatic heterocycles. The third-order valence-electron chi connectivity index (χ3n) is 2.13. The van der Waals surface area contributed by atoms with Gasteiger partial charge < -0.3 is 0 Å². The number of non-ortho nitro benzene ring substituents is 2. The van der Waals surface area contributed by atoms with E-state index < -0.39 is 15.5 Å². The van der Waals surface area contributed by atoms with Crippen molar-refractivity contribution in [3.63, 3.8) is 0 Å². The number of pyridine rings is 1. The molecule has 0 unspecified atom stereocenters. The van der Waals surface area contributed by atoms with Crippen molar-refractivity contribution in [2.24, 2.45) is 0 Å². The molecule has 0 aliphatic rings. The number of nitrogens with zero attached hydrogens (tertiary/aromatic N) is 3. The van der Waals surface area contributed by atoms with Crippen LogP contribution in [0.3, 0.4) is 0 Å². The Morgan fingerprint density at radius 3 is 2.41 bits per heavy atom. The van der Waals surface area contributed by atoms with Gasteiger partial charge in [0.25, 0.3) is 5.69 Å². The number of hydrogen-bond donors (Lipinski definition) is 0. The third-order valence-corrected chi connectivity index (χ3v) is 2.34. The van der Waals surface area contributed by atoms with Gasteiger partial charge in [0.05, 0.1) is 15.9 Å². The van der Waals surface area contributed by atoms with Gasteiger partial charge in [0, 0.05) is 11.5 Å². The Morgan fingerprint density at radius 1 is 1.12 bits per heavy atom. The molecule has 2 rings (SSSR count). The fourth-order valence-corrected chi connectivity index (χ4v) is 1.57. The zero-order valence-electron chi connectivity index (χ0n) is 8.16. The van der Waals surface area contributed by atoms with Crippen LogP contribution in [0.2, 0.25) is 5.15 Å². The number of benzene rings is 1. The number of halogens is 1. The maximum absolute atomic E-state index is 10.8.